The molecule has 1 aromatic rings. The van der Waals surface area contributed by atoms with Gasteiger partial charge in [-0.15, -0.1) is 0 Å². The molecular formula is C15H21FN2O2. The number of benzene rings is 1. The lowest BCUT2D eigenvalue weighted by Crippen LogP contribution is -2.35. The van der Waals surface area contributed by atoms with Crippen molar-refractivity contribution in [2.45, 2.75) is 39.0 Å². The summed E-state index contributed by atoms with van der Waals surface area (Å²) in [5, 5.41) is 4.90. The molecule has 0 spiro atoms. The molecule has 0 aliphatic carbocycles. The zero-order valence-electron chi connectivity index (χ0n) is 11.7. The first-order valence-corrected chi connectivity index (χ1v) is 6.98. The van der Waals surface area contributed by atoms with E-state index in [2.05, 4.69) is 17.6 Å². The molecule has 5 heteroatoms. The summed E-state index contributed by atoms with van der Waals surface area (Å²) in [5.41, 5.74) is 0.271. The molecule has 4 nitrogen and oxygen atoms in total. The molecule has 0 saturated heterocycles. The van der Waals surface area contributed by atoms with Gasteiger partial charge in [-0.3, -0.25) is 9.59 Å². The number of amides is 2. The van der Waals surface area contributed by atoms with Crippen molar-refractivity contribution in [3.05, 3.63) is 30.1 Å². The van der Waals surface area contributed by atoms with Crippen LogP contribution >= 0.6 is 0 Å². The van der Waals surface area contributed by atoms with Gasteiger partial charge < -0.3 is 10.6 Å². The lowest BCUT2D eigenvalue weighted by atomic mass is 10.1. The van der Waals surface area contributed by atoms with Crippen molar-refractivity contribution in [1.29, 1.82) is 0 Å². The molecule has 0 heterocycles. The van der Waals surface area contributed by atoms with E-state index in [1.165, 1.54) is 31.0 Å². The Labute approximate surface area is 118 Å². The Balaban J connectivity index is 2.24. The number of hydrogen-bond acceptors (Lipinski definition) is 2. The number of carbonyl (C=O) groups excluding carboxylic acids is 2. The first kappa shape index (κ1) is 16.1. The Hall–Kier alpha value is -1.91. The molecule has 0 fully saturated rings. The van der Waals surface area contributed by atoms with Crippen molar-refractivity contribution in [2.75, 3.05) is 11.9 Å². The average molecular weight is 280 g/mol. The highest BCUT2D eigenvalue weighted by Crippen LogP contribution is 2.08. The molecule has 0 aromatic heterocycles. The topological polar surface area (TPSA) is 58.2 Å². The van der Waals surface area contributed by atoms with Crippen LogP contribution in [0.1, 0.15) is 39.0 Å². The Kier molecular flexibility index (Phi) is 7.32. The van der Waals surface area contributed by atoms with E-state index in [4.69, 9.17) is 0 Å². The standard InChI is InChI=1S/C15H21FN2O2/c1-2-3-4-5-6-10-17-14(19)15(20)18-13-9-7-8-12(16)11-13/h7-9,11H,2-6,10H2,1H3,(H,17,19)(H,18,20). The summed E-state index contributed by atoms with van der Waals surface area (Å²) in [6, 6.07) is 5.43. The van der Waals surface area contributed by atoms with Crippen LogP contribution < -0.4 is 10.6 Å². The van der Waals surface area contributed by atoms with Gasteiger partial charge in [0, 0.05) is 12.2 Å². The summed E-state index contributed by atoms with van der Waals surface area (Å²) in [6.07, 6.45) is 5.40. The van der Waals surface area contributed by atoms with E-state index in [0.717, 1.165) is 25.3 Å². The monoisotopic (exact) mass is 280 g/mol. The zero-order chi connectivity index (χ0) is 14.8. The maximum atomic E-state index is 12.9. The van der Waals surface area contributed by atoms with Gasteiger partial charge in [-0.05, 0) is 24.6 Å². The Bertz CT molecular complexity index is 449. The van der Waals surface area contributed by atoms with Crippen molar-refractivity contribution < 1.29 is 14.0 Å². The van der Waals surface area contributed by atoms with Crippen molar-refractivity contribution in [3.63, 3.8) is 0 Å². The fourth-order valence-corrected chi connectivity index (χ4v) is 1.76. The minimum atomic E-state index is -0.774. The summed E-state index contributed by atoms with van der Waals surface area (Å²) < 4.78 is 12.9. The maximum absolute atomic E-state index is 12.9. The molecule has 20 heavy (non-hydrogen) atoms. The molecule has 2 amide bonds. The summed E-state index contributed by atoms with van der Waals surface area (Å²) in [7, 11) is 0. The summed E-state index contributed by atoms with van der Waals surface area (Å²) >= 11 is 0. The van der Waals surface area contributed by atoms with Crippen molar-refractivity contribution >= 4 is 17.5 Å². The number of rotatable bonds is 7. The van der Waals surface area contributed by atoms with E-state index >= 15 is 0 Å². The van der Waals surface area contributed by atoms with Crippen LogP contribution in [0.3, 0.4) is 0 Å². The smallest absolute Gasteiger partial charge is 0.313 e. The molecule has 110 valence electrons. The predicted octanol–water partition coefficient (Wildman–Crippen LogP) is 2.85. The van der Waals surface area contributed by atoms with Gasteiger partial charge in [-0.1, -0.05) is 38.7 Å². The molecule has 2 N–H and O–H groups in total. The molecule has 0 unspecified atom stereocenters. The predicted molar refractivity (Wildman–Crippen MR) is 76.8 cm³/mol. The highest BCUT2D eigenvalue weighted by molar-refractivity contribution is 6.39. The van der Waals surface area contributed by atoms with Crippen LogP contribution in [0.5, 0.6) is 0 Å². The zero-order valence-corrected chi connectivity index (χ0v) is 11.7. The van der Waals surface area contributed by atoms with E-state index < -0.39 is 17.6 Å². The molecule has 0 aliphatic heterocycles. The third-order valence-corrected chi connectivity index (χ3v) is 2.85. The van der Waals surface area contributed by atoms with Crippen LogP contribution in [-0.4, -0.2) is 18.4 Å². The van der Waals surface area contributed by atoms with E-state index in [9.17, 15) is 14.0 Å². The van der Waals surface area contributed by atoms with Crippen LogP contribution in [0.15, 0.2) is 24.3 Å². The van der Waals surface area contributed by atoms with Gasteiger partial charge in [-0.25, -0.2) is 4.39 Å². The largest absolute Gasteiger partial charge is 0.348 e. The summed E-state index contributed by atoms with van der Waals surface area (Å²) in [6.45, 7) is 2.62. The molecule has 0 saturated carbocycles. The van der Waals surface area contributed by atoms with Crippen LogP contribution in [0.4, 0.5) is 10.1 Å². The highest BCUT2D eigenvalue weighted by Gasteiger charge is 2.12. The third kappa shape index (κ3) is 6.31. The Morgan fingerprint density at radius 3 is 2.55 bits per heavy atom. The number of carbonyl (C=O) groups is 2. The first-order chi connectivity index (χ1) is 9.63. The second kappa shape index (κ2) is 9.07. The second-order valence-electron chi connectivity index (χ2n) is 4.63. The van der Waals surface area contributed by atoms with Crippen LogP contribution in [0.2, 0.25) is 0 Å². The normalized spacial score (nSPS) is 10.1. The SMILES string of the molecule is CCCCCCCNC(=O)C(=O)Nc1cccc(F)c1. The fraction of sp³-hybridized carbons (Fsp3) is 0.467. The van der Waals surface area contributed by atoms with Gasteiger partial charge >= 0.3 is 11.8 Å². The van der Waals surface area contributed by atoms with Gasteiger partial charge in [0.1, 0.15) is 5.82 Å². The molecule has 0 atom stereocenters. The molecule has 1 rings (SSSR count). The Morgan fingerprint density at radius 1 is 1.10 bits per heavy atom. The fourth-order valence-electron chi connectivity index (χ4n) is 1.76. The number of anilines is 1. The summed E-state index contributed by atoms with van der Waals surface area (Å²) in [5.74, 6) is -1.92. The van der Waals surface area contributed by atoms with Crippen LogP contribution in [0.25, 0.3) is 0 Å². The molecule has 0 bridgehead atoms. The number of halogens is 1. The number of unbranched alkanes of at least 4 members (excludes halogenated alkanes) is 4. The molecule has 1 aromatic carbocycles. The lowest BCUT2D eigenvalue weighted by molar-refractivity contribution is -0.136. The van der Waals surface area contributed by atoms with Crippen molar-refractivity contribution in [2.24, 2.45) is 0 Å². The van der Waals surface area contributed by atoms with E-state index in [-0.39, 0.29) is 5.69 Å². The van der Waals surface area contributed by atoms with Gasteiger partial charge in [-0.2, -0.15) is 0 Å². The van der Waals surface area contributed by atoms with E-state index in [1.807, 2.05) is 0 Å². The van der Waals surface area contributed by atoms with E-state index in [1.54, 1.807) is 0 Å². The second-order valence-corrected chi connectivity index (χ2v) is 4.63. The van der Waals surface area contributed by atoms with Crippen molar-refractivity contribution in [1.82, 2.24) is 5.32 Å². The minimum absolute atomic E-state index is 0.271. The average Bonchev–Trinajstić information content (AvgIpc) is 2.42. The molecule has 0 aliphatic rings. The number of nitrogens with one attached hydrogen (secondary N) is 2. The Morgan fingerprint density at radius 2 is 1.85 bits per heavy atom. The van der Waals surface area contributed by atoms with E-state index in [0.29, 0.717) is 6.54 Å². The van der Waals surface area contributed by atoms with Gasteiger partial charge in [0.05, 0.1) is 0 Å². The van der Waals surface area contributed by atoms with Gasteiger partial charge in [0.25, 0.3) is 0 Å². The molecular weight excluding hydrogens is 259 g/mol. The van der Waals surface area contributed by atoms with Crippen molar-refractivity contribution in [3.8, 4) is 0 Å². The highest BCUT2D eigenvalue weighted by atomic mass is 19.1. The molecule has 0 radical (unpaired) electrons. The van der Waals surface area contributed by atoms with Gasteiger partial charge in [0.2, 0.25) is 0 Å². The third-order valence-electron chi connectivity index (χ3n) is 2.85. The number of hydrogen-bond donors (Lipinski definition) is 2. The van der Waals surface area contributed by atoms with Gasteiger partial charge in [0.15, 0.2) is 0 Å². The summed E-state index contributed by atoms with van der Waals surface area (Å²) in [4.78, 5) is 23.0. The minimum Gasteiger partial charge on any atom is -0.348 e. The quantitative estimate of drug-likeness (QED) is 0.596. The van der Waals surface area contributed by atoms with Crippen LogP contribution in [-0.2, 0) is 9.59 Å². The van der Waals surface area contributed by atoms with Crippen LogP contribution in [0, 0.1) is 5.82 Å². The lowest BCUT2D eigenvalue weighted by Gasteiger charge is -2.06. The first-order valence-electron chi connectivity index (χ1n) is 6.98. The maximum Gasteiger partial charge on any atom is 0.313 e.